The van der Waals surface area contributed by atoms with Crippen LogP contribution in [-0.2, 0) is 9.47 Å². The van der Waals surface area contributed by atoms with Crippen molar-refractivity contribution >= 4 is 0 Å². The first kappa shape index (κ1) is 22.8. The highest BCUT2D eigenvalue weighted by molar-refractivity contribution is 4.77. The molecule has 23 heavy (non-hydrogen) atoms. The highest BCUT2D eigenvalue weighted by atomic mass is 16.5. The highest BCUT2D eigenvalue weighted by Gasteiger charge is 2.24. The maximum atomic E-state index is 9.51. The maximum Gasteiger partial charge on any atom is 0.0752 e. The quantitative estimate of drug-likeness (QED) is 0.542. The number of hydrogen-bond acceptors (Lipinski definition) is 5. The lowest BCUT2D eigenvalue weighted by atomic mass is 10.0. The number of ether oxygens (including phenoxy) is 2. The van der Waals surface area contributed by atoms with Crippen molar-refractivity contribution in [3.05, 3.63) is 0 Å². The summed E-state index contributed by atoms with van der Waals surface area (Å²) in [4.78, 5) is 2.26. The van der Waals surface area contributed by atoms with Gasteiger partial charge in [0.25, 0.3) is 0 Å². The third kappa shape index (κ3) is 12.8. The minimum atomic E-state index is -0.310. The molecule has 0 radical (unpaired) electrons. The Balaban J connectivity index is 4.42. The molecule has 140 valence electrons. The molecule has 0 amide bonds. The lowest BCUT2D eigenvalue weighted by Crippen LogP contribution is -2.43. The Morgan fingerprint density at radius 1 is 0.913 bits per heavy atom. The summed E-state index contributed by atoms with van der Waals surface area (Å²) in [7, 11) is 1.72. The normalized spacial score (nSPS) is 15.9. The van der Waals surface area contributed by atoms with Crippen LogP contribution in [0.3, 0.4) is 0 Å². The van der Waals surface area contributed by atoms with Gasteiger partial charge in [0.2, 0.25) is 0 Å². The number of aliphatic hydroxyl groups excluding tert-OH is 2. The lowest BCUT2D eigenvalue weighted by Gasteiger charge is -2.34. The Labute approximate surface area is 143 Å². The highest BCUT2D eigenvalue weighted by Crippen LogP contribution is 2.18. The van der Waals surface area contributed by atoms with Crippen molar-refractivity contribution in [3.63, 3.8) is 0 Å². The van der Waals surface area contributed by atoms with Gasteiger partial charge in [-0.05, 0) is 60.8 Å². The number of methoxy groups -OCH3 is 1. The maximum absolute atomic E-state index is 9.51. The van der Waals surface area contributed by atoms with Gasteiger partial charge in [-0.15, -0.1) is 0 Å². The van der Waals surface area contributed by atoms with Crippen LogP contribution >= 0.6 is 0 Å². The molecule has 0 aromatic heterocycles. The Morgan fingerprint density at radius 2 is 1.39 bits per heavy atom. The third-order valence-corrected chi connectivity index (χ3v) is 4.08. The molecule has 2 atom stereocenters. The zero-order valence-electron chi connectivity index (χ0n) is 16.3. The van der Waals surface area contributed by atoms with Gasteiger partial charge >= 0.3 is 0 Å². The number of hydrogen-bond donors (Lipinski definition) is 2. The van der Waals surface area contributed by atoms with Crippen molar-refractivity contribution in [3.8, 4) is 0 Å². The zero-order chi connectivity index (χ0) is 18.1. The van der Waals surface area contributed by atoms with Crippen LogP contribution in [0.1, 0.15) is 60.8 Å². The summed E-state index contributed by atoms with van der Waals surface area (Å²) in [5, 5.41) is 19.0. The molecule has 0 saturated carbocycles. The smallest absolute Gasteiger partial charge is 0.0752 e. The molecule has 2 unspecified atom stereocenters. The summed E-state index contributed by atoms with van der Waals surface area (Å²) < 4.78 is 11.5. The van der Waals surface area contributed by atoms with Crippen LogP contribution in [0.25, 0.3) is 0 Å². The minimum absolute atomic E-state index is 0.172. The second-order valence-electron chi connectivity index (χ2n) is 7.87. The molecular formula is C18H39NO4. The second-order valence-corrected chi connectivity index (χ2v) is 7.87. The van der Waals surface area contributed by atoms with E-state index in [0.29, 0.717) is 6.61 Å². The molecule has 0 aromatic rings. The van der Waals surface area contributed by atoms with Crippen molar-refractivity contribution in [2.24, 2.45) is 0 Å². The molecule has 0 rings (SSSR count). The van der Waals surface area contributed by atoms with Crippen molar-refractivity contribution in [1.29, 1.82) is 0 Å². The number of rotatable bonds is 13. The van der Waals surface area contributed by atoms with E-state index in [2.05, 4.69) is 32.6 Å². The Morgan fingerprint density at radius 3 is 1.78 bits per heavy atom. The summed E-state index contributed by atoms with van der Waals surface area (Å²) in [5.74, 6) is 0. The molecule has 0 heterocycles. The summed E-state index contributed by atoms with van der Waals surface area (Å²) in [6.45, 7) is 14.9. The van der Waals surface area contributed by atoms with Crippen molar-refractivity contribution in [2.45, 2.75) is 84.2 Å². The van der Waals surface area contributed by atoms with Crippen LogP contribution in [0, 0.1) is 0 Å². The van der Waals surface area contributed by atoms with Crippen LogP contribution in [0.5, 0.6) is 0 Å². The average molecular weight is 334 g/mol. The zero-order valence-corrected chi connectivity index (χ0v) is 16.3. The largest absolute Gasteiger partial charge is 0.393 e. The van der Waals surface area contributed by atoms with Gasteiger partial charge in [-0.2, -0.15) is 0 Å². The fraction of sp³-hybridized carbons (Fsp3) is 1.00. The van der Waals surface area contributed by atoms with Crippen molar-refractivity contribution in [2.75, 3.05) is 33.4 Å². The van der Waals surface area contributed by atoms with Crippen LogP contribution in [0.4, 0.5) is 0 Å². The molecule has 0 aliphatic carbocycles. The monoisotopic (exact) mass is 333 g/mol. The standard InChI is InChI=1S/C18H39NO4/c1-15(20)8-11-19(12-9-16(2)21)14-18(5,6)23-13-10-17(3,4)22-7/h15-16,20-21H,8-14H2,1-7H3. The molecule has 5 heteroatoms. The van der Waals surface area contributed by atoms with E-state index in [-0.39, 0.29) is 23.4 Å². The molecule has 0 bridgehead atoms. The van der Waals surface area contributed by atoms with E-state index in [4.69, 9.17) is 9.47 Å². The van der Waals surface area contributed by atoms with Crippen molar-refractivity contribution < 1.29 is 19.7 Å². The van der Waals surface area contributed by atoms with Gasteiger partial charge in [0.05, 0.1) is 30.0 Å². The van der Waals surface area contributed by atoms with Crippen LogP contribution in [0.15, 0.2) is 0 Å². The fourth-order valence-corrected chi connectivity index (χ4v) is 2.27. The topological polar surface area (TPSA) is 62.2 Å². The Bertz CT molecular complexity index is 291. The lowest BCUT2D eigenvalue weighted by molar-refractivity contribution is -0.0715. The first-order valence-electron chi connectivity index (χ1n) is 8.75. The molecule has 0 aliphatic heterocycles. The molecule has 0 fully saturated rings. The van der Waals surface area contributed by atoms with E-state index in [1.807, 2.05) is 0 Å². The van der Waals surface area contributed by atoms with Gasteiger partial charge in [0.1, 0.15) is 0 Å². The fourth-order valence-electron chi connectivity index (χ4n) is 2.27. The van der Waals surface area contributed by atoms with E-state index in [0.717, 1.165) is 38.9 Å². The van der Waals surface area contributed by atoms with E-state index < -0.39 is 0 Å². The average Bonchev–Trinajstić information content (AvgIpc) is 2.41. The van der Waals surface area contributed by atoms with E-state index >= 15 is 0 Å². The first-order chi connectivity index (χ1) is 10.5. The van der Waals surface area contributed by atoms with Gasteiger partial charge in [-0.3, -0.25) is 0 Å². The molecule has 0 spiro atoms. The van der Waals surface area contributed by atoms with Gasteiger partial charge in [0.15, 0.2) is 0 Å². The summed E-state index contributed by atoms with van der Waals surface area (Å²) in [6, 6.07) is 0. The number of nitrogens with zero attached hydrogens (tertiary/aromatic N) is 1. The minimum Gasteiger partial charge on any atom is -0.393 e. The third-order valence-electron chi connectivity index (χ3n) is 4.08. The second kappa shape index (κ2) is 10.6. The summed E-state index contributed by atoms with van der Waals surface area (Å²) >= 11 is 0. The molecular weight excluding hydrogens is 294 g/mol. The van der Waals surface area contributed by atoms with Gasteiger partial charge in [0, 0.05) is 26.7 Å². The Kier molecular flexibility index (Phi) is 10.5. The molecule has 2 N–H and O–H groups in total. The summed E-state index contributed by atoms with van der Waals surface area (Å²) in [6.07, 6.45) is 1.68. The number of aliphatic hydroxyl groups is 2. The van der Waals surface area contributed by atoms with Crippen LogP contribution < -0.4 is 0 Å². The van der Waals surface area contributed by atoms with E-state index in [9.17, 15) is 10.2 Å². The molecule has 5 nitrogen and oxygen atoms in total. The first-order valence-corrected chi connectivity index (χ1v) is 8.75. The van der Waals surface area contributed by atoms with Gasteiger partial charge in [-0.1, -0.05) is 0 Å². The Hall–Kier alpha value is -0.200. The predicted molar refractivity (Wildman–Crippen MR) is 94.8 cm³/mol. The van der Waals surface area contributed by atoms with Gasteiger partial charge < -0.3 is 24.6 Å². The van der Waals surface area contributed by atoms with Crippen LogP contribution in [-0.4, -0.2) is 71.9 Å². The molecule has 0 aromatic carbocycles. The van der Waals surface area contributed by atoms with Crippen LogP contribution in [0.2, 0.25) is 0 Å². The molecule has 0 saturated heterocycles. The summed E-state index contributed by atoms with van der Waals surface area (Å²) in [5.41, 5.74) is -0.449. The predicted octanol–water partition coefficient (Wildman–Crippen LogP) is 2.44. The molecule has 0 aliphatic rings. The van der Waals surface area contributed by atoms with Crippen molar-refractivity contribution in [1.82, 2.24) is 4.90 Å². The SMILES string of the molecule is COC(C)(C)CCOC(C)(C)CN(CCC(C)O)CCC(C)O. The van der Waals surface area contributed by atoms with E-state index in [1.165, 1.54) is 0 Å². The van der Waals surface area contributed by atoms with E-state index in [1.54, 1.807) is 21.0 Å². The van der Waals surface area contributed by atoms with Gasteiger partial charge in [-0.25, -0.2) is 0 Å².